The molecule has 0 spiro atoms. The van der Waals surface area contributed by atoms with Crippen molar-refractivity contribution in [2.45, 2.75) is 24.5 Å². The van der Waals surface area contributed by atoms with E-state index in [0.717, 1.165) is 0 Å². The predicted octanol–water partition coefficient (Wildman–Crippen LogP) is 0.127. The Hall–Kier alpha value is -0.580. The van der Waals surface area contributed by atoms with Gasteiger partial charge < -0.3 is 4.74 Å². The van der Waals surface area contributed by atoms with Crippen LogP contribution < -0.4 is 0 Å². The number of carbonyl (C=O) groups excluding carboxylic acids is 1. The zero-order chi connectivity index (χ0) is 9.19. The van der Waals surface area contributed by atoms with Gasteiger partial charge in [0.2, 0.25) is 0 Å². The van der Waals surface area contributed by atoms with Gasteiger partial charge in [-0.05, 0) is 12.8 Å². The molecule has 1 aliphatic rings. The molecular weight excluding hydrogens is 180 g/mol. The summed E-state index contributed by atoms with van der Waals surface area (Å²) in [6.45, 7) is 0. The van der Waals surface area contributed by atoms with Gasteiger partial charge in [0.05, 0.1) is 24.5 Å². The molecule has 0 aromatic heterocycles. The third-order valence-electron chi connectivity index (χ3n) is 2.08. The quantitative estimate of drug-likeness (QED) is 0.583. The first-order chi connectivity index (χ1) is 5.56. The second-order valence-electron chi connectivity index (χ2n) is 2.91. The predicted molar refractivity (Wildman–Crippen MR) is 43.4 cm³/mol. The fourth-order valence-corrected chi connectivity index (χ4v) is 3.17. The molecule has 70 valence electrons. The average Bonchev–Trinajstić information content (AvgIpc) is 2.31. The maximum absolute atomic E-state index is 11.2. The monoisotopic (exact) mass is 192 g/mol. The lowest BCUT2D eigenvalue weighted by Gasteiger charge is -2.06. The molecule has 1 unspecified atom stereocenters. The zero-order valence-corrected chi connectivity index (χ0v) is 7.76. The minimum atomic E-state index is -2.99. The van der Waals surface area contributed by atoms with Crippen molar-refractivity contribution in [3.63, 3.8) is 0 Å². The summed E-state index contributed by atoms with van der Waals surface area (Å²) in [5, 5.41) is -0.495. The maximum Gasteiger partial charge on any atom is 0.306 e. The Morgan fingerprint density at radius 2 is 2.25 bits per heavy atom. The van der Waals surface area contributed by atoms with Crippen LogP contribution in [-0.4, -0.2) is 32.5 Å². The number of esters is 1. The van der Waals surface area contributed by atoms with Gasteiger partial charge in [0, 0.05) is 0 Å². The lowest BCUT2D eigenvalue weighted by Crippen LogP contribution is -2.20. The molecule has 1 fully saturated rings. The summed E-state index contributed by atoms with van der Waals surface area (Å²) in [6.07, 6.45) is 1.28. The number of methoxy groups -OCH3 is 1. The highest BCUT2D eigenvalue weighted by molar-refractivity contribution is 7.92. The van der Waals surface area contributed by atoms with Gasteiger partial charge in [-0.25, -0.2) is 8.42 Å². The van der Waals surface area contributed by atoms with Crippen molar-refractivity contribution in [2.75, 3.05) is 12.9 Å². The minimum absolute atomic E-state index is 0.0127. The van der Waals surface area contributed by atoms with Crippen LogP contribution >= 0.6 is 0 Å². The zero-order valence-electron chi connectivity index (χ0n) is 6.95. The molecule has 5 heteroatoms. The van der Waals surface area contributed by atoms with Crippen LogP contribution in [0.15, 0.2) is 0 Å². The third-order valence-corrected chi connectivity index (χ3v) is 4.36. The Bertz CT molecular complexity index is 267. The van der Waals surface area contributed by atoms with E-state index in [1.807, 2.05) is 0 Å². The molecule has 0 bridgehead atoms. The number of carbonyl (C=O) groups is 1. The van der Waals surface area contributed by atoms with Crippen LogP contribution in [0.1, 0.15) is 19.3 Å². The summed E-state index contributed by atoms with van der Waals surface area (Å²) in [5.41, 5.74) is 0. The molecule has 1 saturated heterocycles. The van der Waals surface area contributed by atoms with Crippen molar-refractivity contribution >= 4 is 15.8 Å². The number of rotatable bonds is 2. The van der Waals surface area contributed by atoms with Gasteiger partial charge in [-0.2, -0.15) is 0 Å². The van der Waals surface area contributed by atoms with Crippen molar-refractivity contribution in [3.05, 3.63) is 0 Å². The SMILES string of the molecule is COC(=O)CC1CCCS1(=O)=O. The first kappa shape index (κ1) is 9.51. The van der Waals surface area contributed by atoms with E-state index in [1.165, 1.54) is 7.11 Å². The molecule has 1 heterocycles. The number of sulfone groups is 1. The fraction of sp³-hybridized carbons (Fsp3) is 0.857. The summed E-state index contributed by atoms with van der Waals surface area (Å²) in [5.74, 6) is -0.222. The molecule has 12 heavy (non-hydrogen) atoms. The number of hydrogen-bond acceptors (Lipinski definition) is 4. The first-order valence-corrected chi connectivity index (χ1v) is 5.56. The second kappa shape index (κ2) is 3.43. The van der Waals surface area contributed by atoms with Crippen LogP contribution in [0, 0.1) is 0 Å². The average molecular weight is 192 g/mol. The molecule has 0 aliphatic carbocycles. The van der Waals surface area contributed by atoms with Crippen LogP contribution in [-0.2, 0) is 19.4 Å². The Kier molecular flexibility index (Phi) is 2.72. The molecule has 0 N–H and O–H groups in total. The van der Waals surface area contributed by atoms with Crippen LogP contribution in [0.3, 0.4) is 0 Å². The fourth-order valence-electron chi connectivity index (χ4n) is 1.36. The van der Waals surface area contributed by atoms with Crippen molar-refractivity contribution in [1.29, 1.82) is 0 Å². The molecule has 1 aliphatic heterocycles. The van der Waals surface area contributed by atoms with Crippen LogP contribution in [0.2, 0.25) is 0 Å². The minimum Gasteiger partial charge on any atom is -0.469 e. The van der Waals surface area contributed by atoms with Crippen molar-refractivity contribution in [1.82, 2.24) is 0 Å². The van der Waals surface area contributed by atoms with Crippen LogP contribution in [0.5, 0.6) is 0 Å². The van der Waals surface area contributed by atoms with E-state index in [-0.39, 0.29) is 12.2 Å². The summed E-state index contributed by atoms with van der Waals surface area (Å²) >= 11 is 0. The Labute approximate surface area is 71.8 Å². The largest absolute Gasteiger partial charge is 0.469 e. The smallest absolute Gasteiger partial charge is 0.306 e. The normalized spacial score (nSPS) is 26.9. The van der Waals surface area contributed by atoms with Crippen molar-refractivity contribution < 1.29 is 17.9 Å². The summed E-state index contributed by atoms with van der Waals surface area (Å²) < 4.78 is 26.8. The van der Waals surface area contributed by atoms with Crippen LogP contribution in [0.25, 0.3) is 0 Å². The number of ether oxygens (including phenoxy) is 1. The third kappa shape index (κ3) is 1.97. The van der Waals surface area contributed by atoms with Crippen molar-refractivity contribution in [2.24, 2.45) is 0 Å². The molecule has 1 rings (SSSR count). The number of hydrogen-bond donors (Lipinski definition) is 0. The highest BCUT2D eigenvalue weighted by atomic mass is 32.2. The van der Waals surface area contributed by atoms with Gasteiger partial charge in [-0.1, -0.05) is 0 Å². The summed E-state index contributed by atoms with van der Waals surface area (Å²) in [4.78, 5) is 10.8. The molecule has 0 aromatic rings. The molecule has 0 saturated carbocycles. The van der Waals surface area contributed by atoms with Gasteiger partial charge in [0.1, 0.15) is 0 Å². The van der Waals surface area contributed by atoms with E-state index < -0.39 is 21.1 Å². The molecule has 0 aromatic carbocycles. The van der Waals surface area contributed by atoms with Gasteiger partial charge >= 0.3 is 5.97 Å². The summed E-state index contributed by atoms with van der Waals surface area (Å²) in [7, 11) is -1.73. The van der Waals surface area contributed by atoms with Crippen LogP contribution in [0.4, 0.5) is 0 Å². The Balaban J connectivity index is 2.59. The Morgan fingerprint density at radius 3 is 2.67 bits per heavy atom. The van der Waals surface area contributed by atoms with E-state index in [2.05, 4.69) is 4.74 Å². The molecule has 1 atom stereocenters. The van der Waals surface area contributed by atoms with E-state index in [9.17, 15) is 13.2 Å². The highest BCUT2D eigenvalue weighted by Gasteiger charge is 2.33. The van der Waals surface area contributed by atoms with E-state index in [1.54, 1.807) is 0 Å². The topological polar surface area (TPSA) is 60.4 Å². The van der Waals surface area contributed by atoms with Gasteiger partial charge in [-0.15, -0.1) is 0 Å². The lowest BCUT2D eigenvalue weighted by molar-refractivity contribution is -0.140. The van der Waals surface area contributed by atoms with E-state index in [4.69, 9.17) is 0 Å². The van der Waals surface area contributed by atoms with Gasteiger partial charge in [0.15, 0.2) is 9.84 Å². The van der Waals surface area contributed by atoms with E-state index in [0.29, 0.717) is 12.8 Å². The van der Waals surface area contributed by atoms with Crippen molar-refractivity contribution in [3.8, 4) is 0 Å². The van der Waals surface area contributed by atoms with Gasteiger partial charge in [0.25, 0.3) is 0 Å². The highest BCUT2D eigenvalue weighted by Crippen LogP contribution is 2.22. The van der Waals surface area contributed by atoms with E-state index >= 15 is 0 Å². The molecule has 0 amide bonds. The molecule has 4 nitrogen and oxygen atoms in total. The standard InChI is InChI=1S/C7H12O4S/c1-11-7(8)5-6-3-2-4-12(6,9)10/h6H,2-5H2,1H3. The molecular formula is C7H12O4S. The first-order valence-electron chi connectivity index (χ1n) is 3.84. The summed E-state index contributed by atoms with van der Waals surface area (Å²) in [6, 6.07) is 0. The Morgan fingerprint density at radius 1 is 1.58 bits per heavy atom. The lowest BCUT2D eigenvalue weighted by atomic mass is 10.2. The molecule has 0 radical (unpaired) electrons. The second-order valence-corrected chi connectivity index (χ2v) is 5.31. The maximum atomic E-state index is 11.2. The van der Waals surface area contributed by atoms with Gasteiger partial charge in [-0.3, -0.25) is 4.79 Å².